The third-order valence-electron chi connectivity index (χ3n) is 5.40. The van der Waals surface area contributed by atoms with Gasteiger partial charge < -0.3 is 23.7 Å². The van der Waals surface area contributed by atoms with Crippen molar-refractivity contribution in [1.82, 2.24) is 4.90 Å². The highest BCUT2D eigenvalue weighted by atomic mass is 16.7. The molecule has 166 valence electrons. The monoisotopic (exact) mass is 419 g/mol. The summed E-state index contributed by atoms with van der Waals surface area (Å²) in [4.78, 5) is 25.7. The molecule has 0 radical (unpaired) electrons. The van der Waals surface area contributed by atoms with Crippen LogP contribution >= 0.6 is 0 Å². The Morgan fingerprint density at radius 3 is 2.17 bits per heavy atom. The van der Waals surface area contributed by atoms with Crippen LogP contribution in [0.25, 0.3) is 0 Å². The van der Waals surface area contributed by atoms with Crippen molar-refractivity contribution in [3.63, 3.8) is 0 Å². The molecule has 0 N–H and O–H groups in total. The fourth-order valence-corrected chi connectivity index (χ4v) is 3.00. The maximum Gasteiger partial charge on any atom is 0.495 e. The number of carbonyl (C=O) groups excluding carboxylic acids is 2. The second-order valence-corrected chi connectivity index (χ2v) is 9.71. The molecule has 1 aliphatic heterocycles. The molecule has 0 aromatic heterocycles. The van der Waals surface area contributed by atoms with E-state index in [9.17, 15) is 9.59 Å². The molecule has 1 aromatic rings. The summed E-state index contributed by atoms with van der Waals surface area (Å²) in [6.07, 6.45) is -0.288. The molecule has 30 heavy (non-hydrogen) atoms. The van der Waals surface area contributed by atoms with Crippen molar-refractivity contribution in [2.24, 2.45) is 0 Å². The van der Waals surface area contributed by atoms with Crippen molar-refractivity contribution in [2.75, 3.05) is 14.2 Å². The van der Waals surface area contributed by atoms with Crippen LogP contribution in [-0.2, 0) is 36.5 Å². The Bertz CT molecular complexity index is 783. The second-order valence-electron chi connectivity index (χ2n) is 9.71. The zero-order valence-corrected chi connectivity index (χ0v) is 19.6. The number of nitrogens with zero attached hydrogens (tertiary/aromatic N) is 1. The van der Waals surface area contributed by atoms with Gasteiger partial charge in [0.05, 0.1) is 24.7 Å². The van der Waals surface area contributed by atoms with Crippen LogP contribution in [0, 0.1) is 0 Å². The first-order valence-corrected chi connectivity index (χ1v) is 10.1. The van der Waals surface area contributed by atoms with Gasteiger partial charge in [0.15, 0.2) is 0 Å². The first-order chi connectivity index (χ1) is 13.6. The number of hydrogen-bond acceptors (Lipinski definition) is 6. The highest BCUT2D eigenvalue weighted by molar-refractivity contribution is 6.62. The molecule has 0 unspecified atom stereocenters. The van der Waals surface area contributed by atoms with Gasteiger partial charge in [0.2, 0.25) is 0 Å². The number of amides is 1. The Kier molecular flexibility index (Phi) is 6.94. The largest absolute Gasteiger partial charge is 0.495 e. The van der Waals surface area contributed by atoms with E-state index in [1.165, 1.54) is 12.0 Å². The van der Waals surface area contributed by atoms with E-state index in [1.807, 2.05) is 66.7 Å². The zero-order chi connectivity index (χ0) is 22.9. The quantitative estimate of drug-likeness (QED) is 0.540. The molecule has 1 amide bonds. The molecule has 1 heterocycles. The first-order valence-electron chi connectivity index (χ1n) is 10.1. The summed E-state index contributed by atoms with van der Waals surface area (Å²) in [6.45, 7) is 13.7. The molecule has 0 bridgehead atoms. The summed E-state index contributed by atoms with van der Waals surface area (Å²) in [7, 11) is 2.46. The molecule has 0 spiro atoms. The van der Waals surface area contributed by atoms with Crippen LogP contribution in [0.4, 0.5) is 4.79 Å². The van der Waals surface area contributed by atoms with Crippen molar-refractivity contribution >= 4 is 24.6 Å². The van der Waals surface area contributed by atoms with E-state index >= 15 is 0 Å². The highest BCUT2D eigenvalue weighted by Gasteiger charge is 2.52. The van der Waals surface area contributed by atoms with E-state index in [-0.39, 0.29) is 18.9 Å². The van der Waals surface area contributed by atoms with E-state index in [1.54, 1.807) is 7.05 Å². The van der Waals surface area contributed by atoms with Crippen LogP contribution in [0.3, 0.4) is 0 Å². The van der Waals surface area contributed by atoms with Crippen molar-refractivity contribution in [3.05, 3.63) is 29.3 Å². The lowest BCUT2D eigenvalue weighted by Gasteiger charge is -2.32. The van der Waals surface area contributed by atoms with Gasteiger partial charge in [-0.25, -0.2) is 4.79 Å². The molecular weight excluding hydrogens is 385 g/mol. The van der Waals surface area contributed by atoms with E-state index in [4.69, 9.17) is 18.8 Å². The van der Waals surface area contributed by atoms with Crippen molar-refractivity contribution in [3.8, 4) is 0 Å². The Balaban J connectivity index is 2.35. The fourth-order valence-electron chi connectivity index (χ4n) is 3.00. The Labute approximate surface area is 180 Å². The molecular formula is C22H34BNO6. The molecule has 1 aliphatic rings. The average molecular weight is 419 g/mol. The Morgan fingerprint density at radius 1 is 1.10 bits per heavy atom. The van der Waals surface area contributed by atoms with E-state index in [0.29, 0.717) is 0 Å². The van der Waals surface area contributed by atoms with Gasteiger partial charge in [0.1, 0.15) is 5.60 Å². The van der Waals surface area contributed by atoms with E-state index in [2.05, 4.69) is 0 Å². The molecule has 1 saturated heterocycles. The van der Waals surface area contributed by atoms with Crippen LogP contribution in [0.2, 0.25) is 0 Å². The van der Waals surface area contributed by atoms with Crippen LogP contribution in [0.15, 0.2) is 18.2 Å². The van der Waals surface area contributed by atoms with Crippen LogP contribution in [0.5, 0.6) is 0 Å². The lowest BCUT2D eigenvalue weighted by molar-refractivity contribution is -0.139. The fraction of sp³-hybridized carbons (Fsp3) is 0.636. The predicted molar refractivity (Wildman–Crippen MR) is 116 cm³/mol. The summed E-state index contributed by atoms with van der Waals surface area (Å²) in [5.41, 5.74) is 0.857. The lowest BCUT2D eigenvalue weighted by Crippen LogP contribution is -2.41. The highest BCUT2D eigenvalue weighted by Crippen LogP contribution is 2.36. The SMILES string of the molecule is COC(=O)Cc1ccc(B2OC(C)(C)C(C)(C)O2)c(CN(C)C(=O)OC(C)(C)C)c1. The van der Waals surface area contributed by atoms with Gasteiger partial charge in [0, 0.05) is 13.6 Å². The molecule has 7 nitrogen and oxygen atoms in total. The van der Waals surface area contributed by atoms with Crippen LogP contribution in [-0.4, -0.2) is 55.0 Å². The van der Waals surface area contributed by atoms with Gasteiger partial charge in [-0.3, -0.25) is 4.79 Å². The number of carbonyl (C=O) groups is 2. The predicted octanol–water partition coefficient (Wildman–Crippen LogP) is 3.07. The van der Waals surface area contributed by atoms with Gasteiger partial charge in [-0.15, -0.1) is 0 Å². The number of hydrogen-bond donors (Lipinski definition) is 0. The summed E-state index contributed by atoms with van der Waals surface area (Å²) in [5, 5.41) is 0. The van der Waals surface area contributed by atoms with Gasteiger partial charge in [-0.1, -0.05) is 18.2 Å². The van der Waals surface area contributed by atoms with Gasteiger partial charge in [-0.2, -0.15) is 0 Å². The third kappa shape index (κ3) is 5.76. The second kappa shape index (κ2) is 8.59. The molecule has 8 heteroatoms. The van der Waals surface area contributed by atoms with Crippen LogP contribution < -0.4 is 5.46 Å². The first kappa shape index (κ1) is 24.2. The lowest BCUT2D eigenvalue weighted by atomic mass is 9.75. The number of ether oxygens (including phenoxy) is 2. The summed E-state index contributed by atoms with van der Waals surface area (Å²) in [6, 6.07) is 5.63. The minimum Gasteiger partial charge on any atom is -0.469 e. The smallest absolute Gasteiger partial charge is 0.469 e. The van der Waals surface area contributed by atoms with Gasteiger partial charge in [-0.05, 0) is 65.1 Å². The van der Waals surface area contributed by atoms with Gasteiger partial charge >= 0.3 is 19.2 Å². The third-order valence-corrected chi connectivity index (χ3v) is 5.40. The normalized spacial score (nSPS) is 17.6. The van der Waals surface area contributed by atoms with E-state index in [0.717, 1.165) is 16.6 Å². The summed E-state index contributed by atoms with van der Waals surface area (Å²) >= 11 is 0. The van der Waals surface area contributed by atoms with Crippen LogP contribution in [0.1, 0.15) is 59.6 Å². The number of methoxy groups -OCH3 is 1. The van der Waals surface area contributed by atoms with E-state index < -0.39 is 30.0 Å². The maximum absolute atomic E-state index is 12.5. The number of benzene rings is 1. The van der Waals surface area contributed by atoms with Crippen molar-refractivity contribution in [1.29, 1.82) is 0 Å². The molecule has 0 atom stereocenters. The average Bonchev–Trinajstić information content (AvgIpc) is 2.80. The van der Waals surface area contributed by atoms with Crippen molar-refractivity contribution < 1.29 is 28.4 Å². The van der Waals surface area contributed by atoms with Crippen molar-refractivity contribution in [2.45, 2.75) is 78.2 Å². The number of rotatable bonds is 5. The zero-order valence-electron chi connectivity index (χ0n) is 19.6. The topological polar surface area (TPSA) is 74.3 Å². The summed E-state index contributed by atoms with van der Waals surface area (Å²) in [5.74, 6) is -0.329. The molecule has 1 fully saturated rings. The molecule has 2 rings (SSSR count). The Morgan fingerprint density at radius 2 is 1.67 bits per heavy atom. The molecule has 1 aromatic carbocycles. The molecule has 0 saturated carbocycles. The Hall–Kier alpha value is -2.06. The molecule has 0 aliphatic carbocycles. The number of esters is 1. The minimum absolute atomic E-state index is 0.142. The maximum atomic E-state index is 12.5. The van der Waals surface area contributed by atoms with Gasteiger partial charge in [0.25, 0.3) is 0 Å². The standard InChI is InChI=1S/C22H34BNO6/c1-20(2,3)28-19(26)24(8)14-16-12-15(13-18(25)27-9)10-11-17(16)23-29-21(4,5)22(6,7)30-23/h10-12H,13-14H2,1-9H3. The minimum atomic E-state index is -0.591. The summed E-state index contributed by atoms with van der Waals surface area (Å²) < 4.78 is 22.7.